The summed E-state index contributed by atoms with van der Waals surface area (Å²) in [6.07, 6.45) is 1.34. The van der Waals surface area contributed by atoms with Crippen LogP contribution in [-0.4, -0.2) is 24.4 Å². The van der Waals surface area contributed by atoms with E-state index in [0.717, 1.165) is 16.8 Å². The number of amides is 2. The summed E-state index contributed by atoms with van der Waals surface area (Å²) < 4.78 is 9.99. The van der Waals surface area contributed by atoms with E-state index in [2.05, 4.69) is 16.2 Å². The number of aryl methyl sites for hydroxylation is 1. The molecule has 0 atom stereocenters. The third-order valence-corrected chi connectivity index (χ3v) is 4.42. The van der Waals surface area contributed by atoms with Gasteiger partial charge in [0.15, 0.2) is 12.4 Å². The van der Waals surface area contributed by atoms with Crippen LogP contribution in [0.2, 0.25) is 0 Å². The lowest BCUT2D eigenvalue weighted by molar-refractivity contribution is -0.125. The van der Waals surface area contributed by atoms with Gasteiger partial charge in [-0.15, -0.1) is 0 Å². The molecule has 8 nitrogen and oxygen atoms in total. The van der Waals surface area contributed by atoms with Crippen LogP contribution < -0.4 is 16.2 Å². The van der Waals surface area contributed by atoms with Crippen LogP contribution in [0.1, 0.15) is 32.0 Å². The van der Waals surface area contributed by atoms with E-state index in [1.807, 2.05) is 32.0 Å². The fourth-order valence-corrected chi connectivity index (χ4v) is 2.64. The summed E-state index contributed by atoms with van der Waals surface area (Å²) in [7, 11) is 0. The topological polar surface area (TPSA) is 110 Å². The zero-order valence-corrected chi connectivity index (χ0v) is 16.5. The molecule has 8 heteroatoms. The molecule has 0 aliphatic heterocycles. The average Bonchev–Trinajstić information content (AvgIpc) is 3.29. The van der Waals surface area contributed by atoms with Crippen molar-refractivity contribution in [2.45, 2.75) is 13.8 Å². The van der Waals surface area contributed by atoms with Crippen molar-refractivity contribution in [2.24, 2.45) is 0 Å². The van der Waals surface area contributed by atoms with Crippen LogP contribution in [-0.2, 0) is 9.53 Å². The minimum absolute atomic E-state index is 0.0405. The molecule has 3 N–H and O–H groups in total. The maximum Gasteiger partial charge on any atom is 0.340 e. The predicted molar refractivity (Wildman–Crippen MR) is 110 cm³/mol. The lowest BCUT2D eigenvalue weighted by atomic mass is 10.1. The molecule has 2 amide bonds. The quantitative estimate of drug-likeness (QED) is 0.427. The molecule has 0 saturated heterocycles. The number of benzene rings is 2. The minimum Gasteiger partial charge on any atom is -0.459 e. The Bertz CT molecular complexity index is 1060. The van der Waals surface area contributed by atoms with Crippen LogP contribution in [0.5, 0.6) is 0 Å². The van der Waals surface area contributed by atoms with Crippen molar-refractivity contribution in [2.75, 3.05) is 11.9 Å². The number of nitrogens with one attached hydrogen (secondary N) is 3. The van der Waals surface area contributed by atoms with Crippen LogP contribution in [0.4, 0.5) is 11.4 Å². The highest BCUT2D eigenvalue weighted by Gasteiger charge is 2.16. The molecule has 154 valence electrons. The zero-order valence-electron chi connectivity index (χ0n) is 16.5. The molecule has 0 spiro atoms. The van der Waals surface area contributed by atoms with Gasteiger partial charge in [0, 0.05) is 5.69 Å². The number of hydrazine groups is 1. The number of hydrogen-bond acceptors (Lipinski definition) is 6. The van der Waals surface area contributed by atoms with E-state index >= 15 is 0 Å². The lowest BCUT2D eigenvalue weighted by Crippen LogP contribution is -2.43. The van der Waals surface area contributed by atoms with Gasteiger partial charge in [-0.2, -0.15) is 0 Å². The molecule has 0 fully saturated rings. The summed E-state index contributed by atoms with van der Waals surface area (Å²) in [6, 6.07) is 15.7. The van der Waals surface area contributed by atoms with E-state index in [9.17, 15) is 14.4 Å². The Hall–Kier alpha value is -4.07. The number of carbonyl (C=O) groups excluding carboxylic acids is 3. The van der Waals surface area contributed by atoms with Gasteiger partial charge in [-0.3, -0.25) is 20.4 Å². The number of rotatable bonds is 6. The van der Waals surface area contributed by atoms with Gasteiger partial charge < -0.3 is 14.5 Å². The number of carbonyl (C=O) groups is 3. The molecular formula is C22H21N3O5. The third kappa shape index (κ3) is 5.05. The van der Waals surface area contributed by atoms with E-state index < -0.39 is 24.4 Å². The Balaban J connectivity index is 1.58. The molecule has 1 aromatic heterocycles. The van der Waals surface area contributed by atoms with Gasteiger partial charge in [-0.05, 0) is 55.3 Å². The second kappa shape index (κ2) is 9.42. The largest absolute Gasteiger partial charge is 0.459 e. The molecule has 30 heavy (non-hydrogen) atoms. The van der Waals surface area contributed by atoms with Gasteiger partial charge in [-0.25, -0.2) is 4.79 Å². The molecule has 0 bridgehead atoms. The monoisotopic (exact) mass is 407 g/mol. The van der Waals surface area contributed by atoms with Crippen molar-refractivity contribution in [1.29, 1.82) is 0 Å². The SMILES string of the molecule is Cc1cccc(Nc2ccccc2C(=O)OCC(=O)NNC(=O)c2ccco2)c1C. The van der Waals surface area contributed by atoms with Crippen molar-refractivity contribution >= 4 is 29.2 Å². The Morgan fingerprint density at radius 1 is 0.900 bits per heavy atom. The molecule has 0 aliphatic rings. The highest BCUT2D eigenvalue weighted by atomic mass is 16.5. The molecule has 3 rings (SSSR count). The summed E-state index contributed by atoms with van der Waals surface area (Å²) in [5.74, 6) is -1.94. The first kappa shape index (κ1) is 20.7. The Morgan fingerprint density at radius 3 is 2.43 bits per heavy atom. The highest BCUT2D eigenvalue weighted by Crippen LogP contribution is 2.25. The molecule has 0 radical (unpaired) electrons. The number of furan rings is 1. The van der Waals surface area contributed by atoms with E-state index in [4.69, 9.17) is 9.15 Å². The van der Waals surface area contributed by atoms with Crippen LogP contribution in [0.25, 0.3) is 0 Å². The number of ether oxygens (including phenoxy) is 1. The van der Waals surface area contributed by atoms with Crippen LogP contribution in [0.3, 0.4) is 0 Å². The second-order valence-electron chi connectivity index (χ2n) is 6.47. The average molecular weight is 407 g/mol. The van der Waals surface area contributed by atoms with Gasteiger partial charge in [0.1, 0.15) is 0 Å². The first-order chi connectivity index (χ1) is 14.5. The third-order valence-electron chi connectivity index (χ3n) is 4.42. The van der Waals surface area contributed by atoms with Crippen molar-refractivity contribution < 1.29 is 23.5 Å². The Morgan fingerprint density at radius 2 is 1.67 bits per heavy atom. The van der Waals surface area contributed by atoms with Gasteiger partial charge in [-0.1, -0.05) is 24.3 Å². The summed E-state index contributed by atoms with van der Waals surface area (Å²) in [5, 5.41) is 3.24. The van der Waals surface area contributed by atoms with E-state index in [-0.39, 0.29) is 11.3 Å². The molecular weight excluding hydrogens is 386 g/mol. The van der Waals surface area contributed by atoms with Gasteiger partial charge in [0.05, 0.1) is 17.5 Å². The first-order valence-electron chi connectivity index (χ1n) is 9.18. The smallest absolute Gasteiger partial charge is 0.340 e. The number of para-hydroxylation sites is 1. The predicted octanol–water partition coefficient (Wildman–Crippen LogP) is 3.26. The fourth-order valence-electron chi connectivity index (χ4n) is 2.64. The van der Waals surface area contributed by atoms with Crippen molar-refractivity contribution in [3.8, 4) is 0 Å². The molecule has 3 aromatic rings. The van der Waals surface area contributed by atoms with Crippen LogP contribution in [0, 0.1) is 13.8 Å². The zero-order chi connectivity index (χ0) is 21.5. The van der Waals surface area contributed by atoms with Crippen molar-refractivity contribution in [3.05, 3.63) is 83.3 Å². The van der Waals surface area contributed by atoms with Gasteiger partial charge in [0.25, 0.3) is 5.91 Å². The number of hydrogen-bond donors (Lipinski definition) is 3. The number of esters is 1. The second-order valence-corrected chi connectivity index (χ2v) is 6.47. The molecule has 0 unspecified atom stereocenters. The van der Waals surface area contributed by atoms with E-state index in [0.29, 0.717) is 5.69 Å². The minimum atomic E-state index is -0.691. The Labute approximate surface area is 173 Å². The van der Waals surface area contributed by atoms with Gasteiger partial charge >= 0.3 is 11.9 Å². The van der Waals surface area contributed by atoms with E-state index in [1.54, 1.807) is 30.3 Å². The highest BCUT2D eigenvalue weighted by molar-refractivity contribution is 5.98. The fraction of sp³-hybridized carbons (Fsp3) is 0.136. The van der Waals surface area contributed by atoms with Gasteiger partial charge in [0.2, 0.25) is 0 Å². The maximum absolute atomic E-state index is 12.5. The van der Waals surface area contributed by atoms with Crippen LogP contribution in [0.15, 0.2) is 65.3 Å². The Kier molecular flexibility index (Phi) is 6.49. The normalized spacial score (nSPS) is 10.2. The standard InChI is InChI=1S/C22H21N3O5/c1-14-7-5-10-17(15(14)2)23-18-9-4-3-8-16(18)22(28)30-13-20(26)24-25-21(27)19-11-6-12-29-19/h3-12,23H,13H2,1-2H3,(H,24,26)(H,25,27). The summed E-state index contributed by atoms with van der Waals surface area (Å²) >= 11 is 0. The summed E-state index contributed by atoms with van der Waals surface area (Å²) in [4.78, 5) is 36.1. The van der Waals surface area contributed by atoms with E-state index in [1.165, 1.54) is 12.3 Å². The molecule has 0 aliphatic carbocycles. The lowest BCUT2D eigenvalue weighted by Gasteiger charge is -2.14. The number of anilines is 2. The van der Waals surface area contributed by atoms with Crippen molar-refractivity contribution in [1.82, 2.24) is 10.9 Å². The van der Waals surface area contributed by atoms with Crippen molar-refractivity contribution in [3.63, 3.8) is 0 Å². The summed E-state index contributed by atoms with van der Waals surface area (Å²) in [5.41, 5.74) is 8.21. The maximum atomic E-state index is 12.5. The first-order valence-corrected chi connectivity index (χ1v) is 9.18. The molecule has 2 aromatic carbocycles. The molecule has 0 saturated carbocycles. The van der Waals surface area contributed by atoms with Crippen LogP contribution >= 0.6 is 0 Å². The molecule has 1 heterocycles. The summed E-state index contributed by atoms with van der Waals surface area (Å²) in [6.45, 7) is 3.43.